The van der Waals surface area contributed by atoms with Gasteiger partial charge in [-0.15, -0.1) is 0 Å². The molecular formula is C29H26FN7O4. The van der Waals surface area contributed by atoms with Gasteiger partial charge in [0, 0.05) is 24.8 Å². The number of pyridine rings is 1. The third kappa shape index (κ3) is 5.66. The van der Waals surface area contributed by atoms with Crippen molar-refractivity contribution in [3.05, 3.63) is 82.9 Å². The molecule has 4 heterocycles. The van der Waals surface area contributed by atoms with E-state index in [1.807, 2.05) is 28.1 Å². The van der Waals surface area contributed by atoms with Crippen molar-refractivity contribution >= 4 is 29.2 Å². The van der Waals surface area contributed by atoms with Crippen molar-refractivity contribution in [1.29, 1.82) is 5.26 Å². The maximum Gasteiger partial charge on any atom is 0.335 e. The van der Waals surface area contributed by atoms with Crippen LogP contribution in [0.15, 0.2) is 59.7 Å². The third-order valence-corrected chi connectivity index (χ3v) is 7.09. The Bertz CT molecular complexity index is 1680. The van der Waals surface area contributed by atoms with E-state index in [1.165, 1.54) is 12.1 Å². The molecule has 1 saturated heterocycles. The molecule has 0 radical (unpaired) electrons. The van der Waals surface area contributed by atoms with Gasteiger partial charge in [0.1, 0.15) is 30.4 Å². The van der Waals surface area contributed by atoms with Crippen LogP contribution >= 0.6 is 0 Å². The lowest BCUT2D eigenvalue weighted by Gasteiger charge is -2.30. The molecule has 0 amide bonds. The van der Waals surface area contributed by atoms with Crippen molar-refractivity contribution in [2.45, 2.75) is 32.2 Å². The maximum atomic E-state index is 14.2. The van der Waals surface area contributed by atoms with Gasteiger partial charge in [-0.05, 0) is 42.8 Å². The second kappa shape index (κ2) is 11.2. The summed E-state index contributed by atoms with van der Waals surface area (Å²) in [6, 6.07) is 16.5. The molecule has 2 aromatic heterocycles. The highest BCUT2D eigenvalue weighted by Gasteiger charge is 2.24. The molecule has 11 nitrogen and oxygen atoms in total. The summed E-state index contributed by atoms with van der Waals surface area (Å²) in [4.78, 5) is 22.7. The first kappa shape index (κ1) is 26.2. The maximum absolute atomic E-state index is 14.2. The molecule has 0 unspecified atom stereocenters. The van der Waals surface area contributed by atoms with Crippen LogP contribution in [0.25, 0.3) is 11.0 Å². The zero-order chi connectivity index (χ0) is 28.3. The molecule has 6 rings (SSSR count). The number of benzene rings is 2. The Labute approximate surface area is 234 Å². The number of fused-ring (bicyclic) bond motifs is 1. The molecule has 1 N–H and O–H groups in total. The summed E-state index contributed by atoms with van der Waals surface area (Å²) in [5, 5.41) is 24.8. The van der Waals surface area contributed by atoms with Crippen molar-refractivity contribution in [3.63, 3.8) is 0 Å². The minimum Gasteiger partial charge on any atom is -0.478 e. The van der Waals surface area contributed by atoms with E-state index in [1.54, 1.807) is 36.7 Å². The van der Waals surface area contributed by atoms with Crippen LogP contribution in [0.3, 0.4) is 0 Å². The first-order chi connectivity index (χ1) is 20.0. The molecule has 4 aromatic rings. The predicted molar refractivity (Wildman–Crippen MR) is 147 cm³/mol. The number of nitriles is 1. The highest BCUT2D eigenvalue weighted by atomic mass is 19.1. The van der Waals surface area contributed by atoms with E-state index in [9.17, 15) is 14.3 Å². The Balaban J connectivity index is 1.14. The number of aromatic nitrogens is 3. The third-order valence-electron chi connectivity index (χ3n) is 7.09. The lowest BCUT2D eigenvalue weighted by atomic mass is 10.1. The fraction of sp³-hybridized carbons (Fsp3) is 0.276. The Morgan fingerprint density at radius 2 is 2.05 bits per heavy atom. The van der Waals surface area contributed by atoms with Crippen molar-refractivity contribution < 1.29 is 23.8 Å². The molecule has 208 valence electrons. The van der Waals surface area contributed by atoms with Crippen molar-refractivity contribution in [2.75, 3.05) is 24.6 Å². The quantitative estimate of drug-likeness (QED) is 0.328. The first-order valence-corrected chi connectivity index (χ1v) is 13.1. The van der Waals surface area contributed by atoms with E-state index in [-0.39, 0.29) is 23.8 Å². The second-order valence-corrected chi connectivity index (χ2v) is 9.78. The van der Waals surface area contributed by atoms with E-state index in [0.29, 0.717) is 49.0 Å². The average molecular weight is 556 g/mol. The number of carboxylic acid groups (broad SMARTS) is 1. The van der Waals surface area contributed by atoms with Gasteiger partial charge in [0.2, 0.25) is 5.88 Å². The number of imidazole rings is 1. The predicted octanol–water partition coefficient (Wildman–Crippen LogP) is 3.77. The van der Waals surface area contributed by atoms with Crippen molar-refractivity contribution in [3.8, 4) is 11.9 Å². The minimum atomic E-state index is -0.990. The fourth-order valence-corrected chi connectivity index (χ4v) is 4.73. The lowest BCUT2D eigenvalue weighted by molar-refractivity contribution is -0.0592. The SMILES string of the molecule is N#Cc1ccc(COc2cccc(N3C=NN(Cc4nc5cc(C(=O)O)ccc5n4C[C@@H]4CCO4)CC3)n2)c(F)c1. The van der Waals surface area contributed by atoms with E-state index in [0.717, 1.165) is 24.4 Å². The van der Waals surface area contributed by atoms with Crippen molar-refractivity contribution in [2.24, 2.45) is 5.10 Å². The Hall–Kier alpha value is -5.02. The molecular weight excluding hydrogens is 529 g/mol. The largest absolute Gasteiger partial charge is 0.478 e. The van der Waals surface area contributed by atoms with Crippen LogP contribution in [-0.4, -0.2) is 62.8 Å². The van der Waals surface area contributed by atoms with Crippen LogP contribution < -0.4 is 9.64 Å². The number of anilines is 1. The molecule has 2 aliphatic rings. The normalized spacial score (nSPS) is 16.4. The highest BCUT2D eigenvalue weighted by Crippen LogP contribution is 2.24. The molecule has 0 spiro atoms. The van der Waals surface area contributed by atoms with E-state index in [2.05, 4.69) is 14.7 Å². The van der Waals surface area contributed by atoms with E-state index < -0.39 is 11.8 Å². The van der Waals surface area contributed by atoms with Gasteiger partial charge in [0.15, 0.2) is 0 Å². The summed E-state index contributed by atoms with van der Waals surface area (Å²) in [5.41, 5.74) is 2.27. The van der Waals surface area contributed by atoms with Gasteiger partial charge in [0.25, 0.3) is 0 Å². The number of ether oxygens (including phenoxy) is 2. The standard InChI is InChI=1S/C29H26FN7O4/c30-23-12-19(14-31)4-5-21(23)17-41-28-3-1-2-26(34-28)35-9-10-36(32-18-35)16-27-33-24-13-20(29(38)39)6-7-25(24)37(27)15-22-8-11-40-22/h1-7,12-13,18,22H,8-11,15-17H2,(H,38,39)/t22-/m0/s1. The highest BCUT2D eigenvalue weighted by molar-refractivity contribution is 5.92. The number of rotatable bonds is 9. The molecule has 0 saturated carbocycles. The molecule has 2 aromatic carbocycles. The zero-order valence-electron chi connectivity index (χ0n) is 22.0. The topological polar surface area (TPSA) is 129 Å². The van der Waals surface area contributed by atoms with Crippen LogP contribution in [0, 0.1) is 17.1 Å². The number of carboxylic acids is 1. The first-order valence-electron chi connectivity index (χ1n) is 13.1. The molecule has 41 heavy (non-hydrogen) atoms. The summed E-state index contributed by atoms with van der Waals surface area (Å²) < 4.78 is 27.7. The number of carbonyl (C=O) groups is 1. The Morgan fingerprint density at radius 3 is 2.76 bits per heavy atom. The number of halogens is 1. The van der Waals surface area contributed by atoms with Crippen molar-refractivity contribution in [1.82, 2.24) is 19.5 Å². The molecule has 0 aliphatic carbocycles. The molecule has 0 bridgehead atoms. The monoisotopic (exact) mass is 555 g/mol. The van der Waals surface area contributed by atoms with Crippen LogP contribution in [-0.2, 0) is 24.4 Å². The molecule has 2 aliphatic heterocycles. The number of aromatic carboxylic acids is 1. The van der Waals surface area contributed by atoms with Gasteiger partial charge >= 0.3 is 5.97 Å². The van der Waals surface area contributed by atoms with Crippen LogP contribution in [0.5, 0.6) is 5.88 Å². The Kier molecular flexibility index (Phi) is 7.18. The van der Waals surface area contributed by atoms with Gasteiger partial charge in [-0.2, -0.15) is 15.3 Å². The van der Waals surface area contributed by atoms with Gasteiger partial charge in [-0.1, -0.05) is 12.1 Å². The number of nitrogens with zero attached hydrogens (tertiary/aromatic N) is 7. The number of hydrogen-bond donors (Lipinski definition) is 1. The second-order valence-electron chi connectivity index (χ2n) is 9.78. The molecule has 12 heteroatoms. The summed E-state index contributed by atoms with van der Waals surface area (Å²) in [5.74, 6) is 0.277. The smallest absolute Gasteiger partial charge is 0.335 e. The number of hydrazone groups is 1. The molecule has 1 atom stereocenters. The van der Waals surface area contributed by atoms with Crippen LogP contribution in [0.1, 0.15) is 33.7 Å². The van der Waals surface area contributed by atoms with E-state index in [4.69, 9.17) is 19.7 Å². The summed E-state index contributed by atoms with van der Waals surface area (Å²) in [6.07, 6.45) is 2.78. The fourth-order valence-electron chi connectivity index (χ4n) is 4.73. The zero-order valence-corrected chi connectivity index (χ0v) is 22.0. The molecule has 1 fully saturated rings. The average Bonchev–Trinajstić information content (AvgIpc) is 3.30. The van der Waals surface area contributed by atoms with Gasteiger partial charge in [0.05, 0.1) is 54.0 Å². The number of hydrogen-bond acceptors (Lipinski definition) is 9. The summed E-state index contributed by atoms with van der Waals surface area (Å²) in [6.45, 7) is 3.03. The van der Waals surface area contributed by atoms with Gasteiger partial charge in [-0.3, -0.25) is 5.01 Å². The summed E-state index contributed by atoms with van der Waals surface area (Å²) >= 11 is 0. The van der Waals surface area contributed by atoms with Crippen LogP contribution in [0.2, 0.25) is 0 Å². The summed E-state index contributed by atoms with van der Waals surface area (Å²) in [7, 11) is 0. The van der Waals surface area contributed by atoms with E-state index >= 15 is 0 Å². The van der Waals surface area contributed by atoms with Gasteiger partial charge < -0.3 is 24.0 Å². The Morgan fingerprint density at radius 1 is 1.17 bits per heavy atom. The minimum absolute atomic E-state index is 0.0171. The van der Waals surface area contributed by atoms with Crippen LogP contribution in [0.4, 0.5) is 10.2 Å². The lowest BCUT2D eigenvalue weighted by Crippen LogP contribution is -2.38. The van der Waals surface area contributed by atoms with Gasteiger partial charge in [-0.25, -0.2) is 14.2 Å².